The minimum absolute atomic E-state index is 0.406. The molecule has 4 nitrogen and oxygen atoms in total. The number of ether oxygens (including phenoxy) is 1. The molecule has 0 aliphatic heterocycles. The van der Waals surface area contributed by atoms with Gasteiger partial charge in [0.1, 0.15) is 5.54 Å². The molecule has 1 atom stereocenters. The number of methoxy groups -OCH3 is 1. The maximum absolute atomic E-state index is 11.5. The van der Waals surface area contributed by atoms with Crippen LogP contribution in [0.3, 0.4) is 0 Å². The lowest BCUT2D eigenvalue weighted by Gasteiger charge is -2.29. The van der Waals surface area contributed by atoms with Crippen molar-refractivity contribution in [1.29, 1.82) is 0 Å². The fourth-order valence-corrected chi connectivity index (χ4v) is 1.75. The fourth-order valence-electron chi connectivity index (χ4n) is 1.75. The molecule has 1 aromatic carbocycles. The third-order valence-corrected chi connectivity index (χ3v) is 2.66. The Labute approximate surface area is 102 Å². The SMILES string of the molecule is COC(=O)C(C)(N)CN(C)c1cccc(C)c1. The molecule has 0 aliphatic carbocycles. The molecule has 4 heteroatoms. The Morgan fingerprint density at radius 2 is 2.18 bits per heavy atom. The summed E-state index contributed by atoms with van der Waals surface area (Å²) in [7, 11) is 3.25. The van der Waals surface area contributed by atoms with Crippen LogP contribution in [0.1, 0.15) is 12.5 Å². The second-order valence-electron chi connectivity index (χ2n) is 4.60. The van der Waals surface area contributed by atoms with Crippen molar-refractivity contribution < 1.29 is 9.53 Å². The van der Waals surface area contributed by atoms with E-state index in [1.165, 1.54) is 12.7 Å². The molecule has 0 amide bonds. The van der Waals surface area contributed by atoms with E-state index in [0.717, 1.165) is 5.69 Å². The van der Waals surface area contributed by atoms with E-state index in [-0.39, 0.29) is 0 Å². The van der Waals surface area contributed by atoms with Gasteiger partial charge in [0.05, 0.1) is 7.11 Å². The molecule has 1 unspecified atom stereocenters. The molecular weight excluding hydrogens is 216 g/mol. The molecule has 17 heavy (non-hydrogen) atoms. The highest BCUT2D eigenvalue weighted by Crippen LogP contribution is 2.16. The molecule has 0 bridgehead atoms. The zero-order valence-electron chi connectivity index (χ0n) is 10.9. The van der Waals surface area contributed by atoms with E-state index in [1.807, 2.05) is 43.1 Å². The van der Waals surface area contributed by atoms with Gasteiger partial charge < -0.3 is 15.4 Å². The predicted octanol–water partition coefficient (Wildman–Crippen LogP) is 1.32. The number of anilines is 1. The smallest absolute Gasteiger partial charge is 0.327 e. The van der Waals surface area contributed by atoms with Crippen molar-refractivity contribution in [3.8, 4) is 0 Å². The molecule has 1 rings (SSSR count). The molecule has 0 heterocycles. The van der Waals surface area contributed by atoms with Crippen LogP contribution in [0.5, 0.6) is 0 Å². The lowest BCUT2D eigenvalue weighted by molar-refractivity contribution is -0.145. The summed E-state index contributed by atoms with van der Waals surface area (Å²) in [4.78, 5) is 13.4. The third-order valence-electron chi connectivity index (χ3n) is 2.66. The summed E-state index contributed by atoms with van der Waals surface area (Å²) in [6.07, 6.45) is 0. The number of hydrogen-bond donors (Lipinski definition) is 1. The zero-order chi connectivity index (χ0) is 13.1. The summed E-state index contributed by atoms with van der Waals surface area (Å²) in [5.41, 5.74) is 7.13. The first kappa shape index (κ1) is 13.5. The van der Waals surface area contributed by atoms with Crippen molar-refractivity contribution in [1.82, 2.24) is 0 Å². The highest BCUT2D eigenvalue weighted by atomic mass is 16.5. The van der Waals surface area contributed by atoms with E-state index in [4.69, 9.17) is 5.73 Å². The molecule has 0 saturated carbocycles. The summed E-state index contributed by atoms with van der Waals surface area (Å²) in [5.74, 6) is -0.406. The average Bonchev–Trinajstić information content (AvgIpc) is 2.27. The number of esters is 1. The number of aryl methyl sites for hydroxylation is 1. The van der Waals surface area contributed by atoms with Crippen molar-refractivity contribution in [2.45, 2.75) is 19.4 Å². The molecule has 2 N–H and O–H groups in total. The molecular formula is C13H20N2O2. The summed E-state index contributed by atoms with van der Waals surface area (Å²) < 4.78 is 4.68. The molecule has 0 aromatic heterocycles. The van der Waals surface area contributed by atoms with E-state index in [9.17, 15) is 4.79 Å². The highest BCUT2D eigenvalue weighted by Gasteiger charge is 2.31. The molecule has 0 spiro atoms. The Morgan fingerprint density at radius 1 is 1.53 bits per heavy atom. The van der Waals surface area contributed by atoms with Crippen LogP contribution in [0.2, 0.25) is 0 Å². The molecule has 94 valence electrons. The van der Waals surface area contributed by atoms with Gasteiger partial charge in [-0.2, -0.15) is 0 Å². The Hall–Kier alpha value is -1.55. The van der Waals surface area contributed by atoms with Crippen LogP contribution in [0.15, 0.2) is 24.3 Å². The Bertz CT molecular complexity index is 402. The minimum Gasteiger partial charge on any atom is -0.468 e. The topological polar surface area (TPSA) is 55.6 Å². The van der Waals surface area contributed by atoms with E-state index in [1.54, 1.807) is 6.92 Å². The predicted molar refractivity (Wildman–Crippen MR) is 69.1 cm³/mol. The zero-order valence-corrected chi connectivity index (χ0v) is 10.9. The first-order valence-electron chi connectivity index (χ1n) is 5.52. The Balaban J connectivity index is 2.79. The number of rotatable bonds is 4. The summed E-state index contributed by atoms with van der Waals surface area (Å²) >= 11 is 0. The van der Waals surface area contributed by atoms with Gasteiger partial charge in [0.25, 0.3) is 0 Å². The van der Waals surface area contributed by atoms with Crippen LogP contribution in [0.4, 0.5) is 5.69 Å². The largest absolute Gasteiger partial charge is 0.468 e. The van der Waals surface area contributed by atoms with Crippen molar-refractivity contribution >= 4 is 11.7 Å². The van der Waals surface area contributed by atoms with Crippen LogP contribution in [-0.4, -0.2) is 32.2 Å². The van der Waals surface area contributed by atoms with Gasteiger partial charge in [0, 0.05) is 19.3 Å². The number of hydrogen-bond acceptors (Lipinski definition) is 4. The Kier molecular flexibility index (Phi) is 4.12. The highest BCUT2D eigenvalue weighted by molar-refractivity contribution is 5.80. The quantitative estimate of drug-likeness (QED) is 0.801. The van der Waals surface area contributed by atoms with E-state index < -0.39 is 11.5 Å². The number of benzene rings is 1. The average molecular weight is 236 g/mol. The standard InChI is InChI=1S/C13H20N2O2/c1-10-6-5-7-11(8-10)15(3)9-13(2,14)12(16)17-4/h5-8H,9,14H2,1-4H3. The van der Waals surface area contributed by atoms with Gasteiger partial charge in [-0.3, -0.25) is 4.79 Å². The van der Waals surface area contributed by atoms with Gasteiger partial charge in [-0.1, -0.05) is 12.1 Å². The summed E-state index contributed by atoms with van der Waals surface area (Å²) in [5, 5.41) is 0. The molecule has 0 fully saturated rings. The van der Waals surface area contributed by atoms with E-state index >= 15 is 0 Å². The van der Waals surface area contributed by atoms with Crippen molar-refractivity contribution in [2.75, 3.05) is 25.6 Å². The van der Waals surface area contributed by atoms with Gasteiger partial charge in [0.15, 0.2) is 0 Å². The maximum atomic E-state index is 11.5. The summed E-state index contributed by atoms with van der Waals surface area (Å²) in [6, 6.07) is 8.04. The lowest BCUT2D eigenvalue weighted by Crippen LogP contribution is -2.53. The second kappa shape index (κ2) is 5.19. The van der Waals surface area contributed by atoms with Gasteiger partial charge in [-0.15, -0.1) is 0 Å². The fraction of sp³-hybridized carbons (Fsp3) is 0.462. The first-order chi connectivity index (χ1) is 7.86. The Morgan fingerprint density at radius 3 is 2.71 bits per heavy atom. The monoisotopic (exact) mass is 236 g/mol. The van der Waals surface area contributed by atoms with Gasteiger partial charge >= 0.3 is 5.97 Å². The number of carbonyl (C=O) groups is 1. The van der Waals surface area contributed by atoms with Gasteiger partial charge in [-0.25, -0.2) is 0 Å². The van der Waals surface area contributed by atoms with Crippen LogP contribution in [0, 0.1) is 6.92 Å². The molecule has 0 saturated heterocycles. The van der Waals surface area contributed by atoms with Crippen LogP contribution in [0.25, 0.3) is 0 Å². The van der Waals surface area contributed by atoms with Crippen LogP contribution in [-0.2, 0) is 9.53 Å². The number of nitrogens with two attached hydrogens (primary N) is 1. The molecule has 0 aliphatic rings. The number of nitrogens with zero attached hydrogens (tertiary/aromatic N) is 1. The lowest BCUT2D eigenvalue weighted by atomic mass is 10.0. The molecule has 0 radical (unpaired) electrons. The molecule has 1 aromatic rings. The van der Waals surface area contributed by atoms with Crippen molar-refractivity contribution in [3.63, 3.8) is 0 Å². The first-order valence-corrected chi connectivity index (χ1v) is 5.52. The van der Waals surface area contributed by atoms with Crippen molar-refractivity contribution in [2.24, 2.45) is 5.73 Å². The van der Waals surface area contributed by atoms with Crippen molar-refractivity contribution in [3.05, 3.63) is 29.8 Å². The minimum atomic E-state index is -1.01. The number of carbonyl (C=O) groups excluding carboxylic acids is 1. The van der Waals surface area contributed by atoms with E-state index in [2.05, 4.69) is 4.74 Å². The van der Waals surface area contributed by atoms with Gasteiger partial charge in [0.2, 0.25) is 0 Å². The third kappa shape index (κ3) is 3.46. The summed E-state index contributed by atoms with van der Waals surface area (Å²) in [6.45, 7) is 4.10. The van der Waals surface area contributed by atoms with E-state index in [0.29, 0.717) is 6.54 Å². The van der Waals surface area contributed by atoms with Gasteiger partial charge in [-0.05, 0) is 31.5 Å². The normalized spacial score (nSPS) is 13.9. The van der Waals surface area contributed by atoms with Crippen LogP contribution < -0.4 is 10.6 Å². The maximum Gasteiger partial charge on any atom is 0.327 e. The second-order valence-corrected chi connectivity index (χ2v) is 4.60. The number of likely N-dealkylation sites (N-methyl/N-ethyl adjacent to an activating group) is 1. The van der Waals surface area contributed by atoms with Crippen LogP contribution >= 0.6 is 0 Å².